The lowest BCUT2D eigenvalue weighted by molar-refractivity contribution is -0.0271. The molecule has 3 unspecified atom stereocenters. The summed E-state index contributed by atoms with van der Waals surface area (Å²) in [6, 6.07) is 0. The lowest BCUT2D eigenvalue weighted by atomic mass is 10.0. The quantitative estimate of drug-likeness (QED) is 0.795. The predicted molar refractivity (Wildman–Crippen MR) is 64.4 cm³/mol. The molecule has 0 spiro atoms. The standard InChI is InChI=1S/C13H25NO2/c1-10(15)11-5-7-14(8-11)9-12-4-6-13(2,3)16-12/h10-12,15H,4-9H2,1-3H3. The highest BCUT2D eigenvalue weighted by atomic mass is 16.5. The van der Waals surface area contributed by atoms with Crippen LogP contribution in [-0.2, 0) is 4.74 Å². The second-order valence-corrected chi connectivity index (χ2v) is 6.09. The van der Waals surface area contributed by atoms with Crippen LogP contribution in [0.25, 0.3) is 0 Å². The van der Waals surface area contributed by atoms with E-state index in [4.69, 9.17) is 4.74 Å². The Morgan fingerprint density at radius 3 is 2.69 bits per heavy atom. The van der Waals surface area contributed by atoms with Gasteiger partial charge in [-0.15, -0.1) is 0 Å². The van der Waals surface area contributed by atoms with Crippen LogP contribution in [0.1, 0.15) is 40.0 Å². The predicted octanol–water partition coefficient (Wildman–Crippen LogP) is 1.65. The Labute approximate surface area is 98.8 Å². The first kappa shape index (κ1) is 12.3. The molecule has 0 aromatic carbocycles. The summed E-state index contributed by atoms with van der Waals surface area (Å²) in [6.45, 7) is 9.47. The van der Waals surface area contributed by atoms with Crippen LogP contribution in [0.15, 0.2) is 0 Å². The second-order valence-electron chi connectivity index (χ2n) is 6.09. The topological polar surface area (TPSA) is 32.7 Å². The van der Waals surface area contributed by atoms with Gasteiger partial charge in [0.2, 0.25) is 0 Å². The number of ether oxygens (including phenoxy) is 1. The van der Waals surface area contributed by atoms with Crippen molar-refractivity contribution >= 4 is 0 Å². The molecular weight excluding hydrogens is 202 g/mol. The smallest absolute Gasteiger partial charge is 0.0710 e. The van der Waals surface area contributed by atoms with E-state index >= 15 is 0 Å². The largest absolute Gasteiger partial charge is 0.393 e. The summed E-state index contributed by atoms with van der Waals surface area (Å²) in [4.78, 5) is 2.45. The highest BCUT2D eigenvalue weighted by molar-refractivity contribution is 4.85. The van der Waals surface area contributed by atoms with E-state index in [1.807, 2.05) is 6.92 Å². The normalized spacial score (nSPS) is 36.8. The van der Waals surface area contributed by atoms with E-state index in [9.17, 15) is 5.11 Å². The lowest BCUT2D eigenvalue weighted by Gasteiger charge is -2.23. The first-order valence-corrected chi connectivity index (χ1v) is 6.54. The molecule has 0 radical (unpaired) electrons. The SMILES string of the molecule is CC(O)C1CCN(CC2CCC(C)(C)O2)C1. The number of rotatable bonds is 3. The highest BCUT2D eigenvalue weighted by Gasteiger charge is 2.34. The second kappa shape index (κ2) is 4.63. The number of nitrogens with zero attached hydrogens (tertiary/aromatic N) is 1. The molecule has 2 saturated heterocycles. The van der Waals surface area contributed by atoms with Crippen molar-refractivity contribution in [2.45, 2.75) is 57.8 Å². The molecule has 2 heterocycles. The van der Waals surface area contributed by atoms with E-state index in [2.05, 4.69) is 18.7 Å². The van der Waals surface area contributed by atoms with E-state index < -0.39 is 0 Å². The maximum absolute atomic E-state index is 9.56. The minimum absolute atomic E-state index is 0.0774. The minimum atomic E-state index is -0.161. The molecule has 0 aliphatic carbocycles. The van der Waals surface area contributed by atoms with Crippen molar-refractivity contribution in [2.24, 2.45) is 5.92 Å². The van der Waals surface area contributed by atoms with Gasteiger partial charge in [0.05, 0.1) is 17.8 Å². The summed E-state index contributed by atoms with van der Waals surface area (Å²) >= 11 is 0. The molecule has 2 aliphatic heterocycles. The molecule has 0 saturated carbocycles. The van der Waals surface area contributed by atoms with Crippen LogP contribution in [0.4, 0.5) is 0 Å². The molecule has 3 atom stereocenters. The maximum Gasteiger partial charge on any atom is 0.0710 e. The van der Waals surface area contributed by atoms with Gasteiger partial charge in [0.1, 0.15) is 0 Å². The van der Waals surface area contributed by atoms with E-state index in [1.54, 1.807) is 0 Å². The third-order valence-electron chi connectivity index (χ3n) is 4.01. The lowest BCUT2D eigenvalue weighted by Crippen LogP contribution is -2.33. The Morgan fingerprint density at radius 2 is 2.19 bits per heavy atom. The summed E-state index contributed by atoms with van der Waals surface area (Å²) < 4.78 is 6.00. The Balaban J connectivity index is 1.76. The molecule has 2 aliphatic rings. The van der Waals surface area contributed by atoms with E-state index in [-0.39, 0.29) is 11.7 Å². The molecule has 3 heteroatoms. The fourth-order valence-corrected chi connectivity index (χ4v) is 2.92. The van der Waals surface area contributed by atoms with Gasteiger partial charge in [0.15, 0.2) is 0 Å². The maximum atomic E-state index is 9.56. The molecular formula is C13H25NO2. The van der Waals surface area contributed by atoms with Gasteiger partial charge in [-0.1, -0.05) is 0 Å². The van der Waals surface area contributed by atoms with Gasteiger partial charge < -0.3 is 14.7 Å². The van der Waals surface area contributed by atoms with Crippen LogP contribution in [0.2, 0.25) is 0 Å². The number of hydrogen-bond acceptors (Lipinski definition) is 3. The van der Waals surface area contributed by atoms with Crippen LogP contribution < -0.4 is 0 Å². The van der Waals surface area contributed by atoms with Crippen molar-refractivity contribution in [3.8, 4) is 0 Å². The summed E-state index contributed by atoms with van der Waals surface area (Å²) in [6.07, 6.45) is 3.73. The van der Waals surface area contributed by atoms with E-state index in [1.165, 1.54) is 12.8 Å². The zero-order valence-electron chi connectivity index (χ0n) is 10.8. The number of aliphatic hydroxyl groups excluding tert-OH is 1. The summed E-state index contributed by atoms with van der Waals surface area (Å²) in [5.74, 6) is 0.467. The number of aliphatic hydroxyl groups is 1. The molecule has 94 valence electrons. The third-order valence-corrected chi connectivity index (χ3v) is 4.01. The number of hydrogen-bond donors (Lipinski definition) is 1. The van der Waals surface area contributed by atoms with Crippen LogP contribution in [-0.4, -0.2) is 47.4 Å². The highest BCUT2D eigenvalue weighted by Crippen LogP contribution is 2.30. The zero-order chi connectivity index (χ0) is 11.8. The molecule has 3 nitrogen and oxygen atoms in total. The molecule has 2 rings (SSSR count). The van der Waals surface area contributed by atoms with Crippen LogP contribution in [0, 0.1) is 5.92 Å². The van der Waals surface area contributed by atoms with E-state index in [0.29, 0.717) is 12.0 Å². The van der Waals surface area contributed by atoms with Gasteiger partial charge in [0, 0.05) is 13.1 Å². The third kappa shape index (κ3) is 2.96. The van der Waals surface area contributed by atoms with Crippen molar-refractivity contribution in [3.05, 3.63) is 0 Å². The minimum Gasteiger partial charge on any atom is -0.393 e. The van der Waals surface area contributed by atoms with Gasteiger partial charge in [-0.05, 0) is 52.5 Å². The van der Waals surface area contributed by atoms with Gasteiger partial charge in [-0.3, -0.25) is 0 Å². The molecule has 2 fully saturated rings. The monoisotopic (exact) mass is 227 g/mol. The molecule has 1 N–H and O–H groups in total. The Hall–Kier alpha value is -0.120. The average molecular weight is 227 g/mol. The van der Waals surface area contributed by atoms with Crippen molar-refractivity contribution in [1.82, 2.24) is 4.90 Å². The van der Waals surface area contributed by atoms with Crippen molar-refractivity contribution < 1.29 is 9.84 Å². The number of likely N-dealkylation sites (tertiary alicyclic amines) is 1. The molecule has 0 amide bonds. The van der Waals surface area contributed by atoms with Gasteiger partial charge >= 0.3 is 0 Å². The van der Waals surface area contributed by atoms with Crippen molar-refractivity contribution in [3.63, 3.8) is 0 Å². The Bertz CT molecular complexity index is 240. The Kier molecular flexibility index (Phi) is 3.57. The summed E-state index contributed by atoms with van der Waals surface area (Å²) in [5.41, 5.74) is 0.0774. The molecule has 0 bridgehead atoms. The van der Waals surface area contributed by atoms with Crippen LogP contribution in [0.3, 0.4) is 0 Å². The first-order valence-electron chi connectivity index (χ1n) is 6.54. The molecule has 16 heavy (non-hydrogen) atoms. The van der Waals surface area contributed by atoms with E-state index in [0.717, 1.165) is 26.1 Å². The van der Waals surface area contributed by atoms with Crippen molar-refractivity contribution in [1.29, 1.82) is 0 Å². The zero-order valence-corrected chi connectivity index (χ0v) is 10.8. The first-order chi connectivity index (χ1) is 7.46. The molecule has 0 aromatic rings. The van der Waals surface area contributed by atoms with Gasteiger partial charge in [-0.25, -0.2) is 0 Å². The fraction of sp³-hybridized carbons (Fsp3) is 1.00. The Morgan fingerprint density at radius 1 is 1.44 bits per heavy atom. The van der Waals surface area contributed by atoms with Crippen LogP contribution in [0.5, 0.6) is 0 Å². The van der Waals surface area contributed by atoms with Crippen LogP contribution >= 0.6 is 0 Å². The molecule has 0 aromatic heterocycles. The van der Waals surface area contributed by atoms with Gasteiger partial charge in [-0.2, -0.15) is 0 Å². The van der Waals surface area contributed by atoms with Crippen molar-refractivity contribution in [2.75, 3.05) is 19.6 Å². The summed E-state index contributed by atoms with van der Waals surface area (Å²) in [5, 5.41) is 9.56. The fourth-order valence-electron chi connectivity index (χ4n) is 2.92. The van der Waals surface area contributed by atoms with Gasteiger partial charge in [0.25, 0.3) is 0 Å². The average Bonchev–Trinajstić information content (AvgIpc) is 2.73. The summed E-state index contributed by atoms with van der Waals surface area (Å²) in [7, 11) is 0.